The van der Waals surface area contributed by atoms with Gasteiger partial charge in [0.2, 0.25) is 0 Å². The molecule has 0 aliphatic heterocycles. The molecule has 0 spiro atoms. The third kappa shape index (κ3) is 3.16. The lowest BCUT2D eigenvalue weighted by molar-refractivity contribution is 0.582. The predicted octanol–water partition coefficient (Wildman–Crippen LogP) is 3.26. The third-order valence-corrected chi connectivity index (χ3v) is 3.96. The van der Waals surface area contributed by atoms with Crippen LogP contribution in [0.3, 0.4) is 0 Å². The molecule has 0 aliphatic rings. The Morgan fingerprint density at radius 3 is 2.79 bits per heavy atom. The van der Waals surface area contributed by atoms with E-state index < -0.39 is 0 Å². The van der Waals surface area contributed by atoms with Gasteiger partial charge in [-0.05, 0) is 41.9 Å². The topological polar surface area (TPSA) is 56.7 Å². The minimum absolute atomic E-state index is 0.188. The van der Waals surface area contributed by atoms with Crippen LogP contribution >= 0.6 is 27.5 Å². The van der Waals surface area contributed by atoms with Crippen LogP contribution in [0.4, 0.5) is 0 Å². The van der Waals surface area contributed by atoms with Crippen LogP contribution < -0.4 is 5.73 Å². The van der Waals surface area contributed by atoms with Gasteiger partial charge in [-0.25, -0.2) is 0 Å². The normalized spacial score (nSPS) is 12.7. The van der Waals surface area contributed by atoms with Gasteiger partial charge in [0.1, 0.15) is 0 Å². The molecule has 0 saturated carbocycles. The van der Waals surface area contributed by atoms with E-state index in [0.717, 1.165) is 28.1 Å². The molecule has 2 aromatic heterocycles. The van der Waals surface area contributed by atoms with Crippen LogP contribution in [0, 0.1) is 6.92 Å². The molecule has 2 rings (SSSR count). The predicted molar refractivity (Wildman–Crippen MR) is 80.2 cm³/mol. The smallest absolute Gasteiger partial charge is 0.0847 e. The summed E-state index contributed by atoms with van der Waals surface area (Å²) in [5.74, 6) is 0. The van der Waals surface area contributed by atoms with Crippen molar-refractivity contribution < 1.29 is 0 Å². The van der Waals surface area contributed by atoms with Crippen LogP contribution in [0.1, 0.15) is 30.0 Å². The van der Waals surface area contributed by atoms with Crippen LogP contribution in [0.25, 0.3) is 0 Å². The van der Waals surface area contributed by atoms with Crippen molar-refractivity contribution in [2.24, 2.45) is 5.73 Å². The molecule has 0 radical (unpaired) electrons. The first-order valence-corrected chi connectivity index (χ1v) is 7.28. The molecule has 2 aromatic rings. The summed E-state index contributed by atoms with van der Waals surface area (Å²) in [7, 11) is 0. The zero-order valence-electron chi connectivity index (χ0n) is 10.9. The van der Waals surface area contributed by atoms with Crippen LogP contribution in [-0.4, -0.2) is 14.8 Å². The van der Waals surface area contributed by atoms with Crippen molar-refractivity contribution in [2.75, 3.05) is 0 Å². The number of nitrogens with two attached hydrogens (primary N) is 1. The highest BCUT2D eigenvalue weighted by Gasteiger charge is 2.17. The average Bonchev–Trinajstić information content (AvgIpc) is 2.67. The zero-order valence-corrected chi connectivity index (χ0v) is 13.2. The molecule has 0 bridgehead atoms. The molecule has 2 N–H and O–H groups in total. The highest BCUT2D eigenvalue weighted by Crippen LogP contribution is 2.24. The average molecular weight is 344 g/mol. The fourth-order valence-corrected chi connectivity index (χ4v) is 2.43. The van der Waals surface area contributed by atoms with Crippen LogP contribution in [-0.2, 0) is 13.0 Å². The van der Waals surface area contributed by atoms with Crippen molar-refractivity contribution in [2.45, 2.75) is 32.9 Å². The fourth-order valence-electron chi connectivity index (χ4n) is 1.98. The minimum Gasteiger partial charge on any atom is -0.322 e. The molecule has 19 heavy (non-hydrogen) atoms. The van der Waals surface area contributed by atoms with Gasteiger partial charge >= 0.3 is 0 Å². The number of aryl methyl sites for hydroxylation is 2. The summed E-state index contributed by atoms with van der Waals surface area (Å²) in [6.45, 7) is 4.72. The van der Waals surface area contributed by atoms with E-state index in [4.69, 9.17) is 17.3 Å². The first-order valence-electron chi connectivity index (χ1n) is 6.11. The Morgan fingerprint density at radius 2 is 2.21 bits per heavy atom. The first-order chi connectivity index (χ1) is 9.02. The van der Waals surface area contributed by atoms with Gasteiger partial charge in [-0.1, -0.05) is 11.6 Å². The number of pyridine rings is 1. The fraction of sp³-hybridized carbons (Fsp3) is 0.385. The number of halogens is 2. The van der Waals surface area contributed by atoms with E-state index in [-0.39, 0.29) is 6.04 Å². The molecule has 2 heterocycles. The van der Waals surface area contributed by atoms with Crippen molar-refractivity contribution in [3.05, 3.63) is 44.9 Å². The van der Waals surface area contributed by atoms with Crippen LogP contribution in [0.15, 0.2) is 22.8 Å². The third-order valence-electron chi connectivity index (χ3n) is 3.00. The first kappa shape index (κ1) is 14.5. The summed E-state index contributed by atoms with van der Waals surface area (Å²) in [4.78, 5) is 4.32. The molecule has 102 valence electrons. The molecule has 1 unspecified atom stereocenters. The Hall–Kier alpha value is -0.910. The quantitative estimate of drug-likeness (QED) is 0.927. The molecule has 4 nitrogen and oxygen atoms in total. The standard InChI is InChI=1S/C13H16BrClN4/c1-3-19-12(13(15)8(2)18-19)6-10(16)11-5-4-9(14)7-17-11/h4-5,7,10H,3,6,16H2,1-2H3. The number of nitrogens with zero attached hydrogens (tertiary/aromatic N) is 3. The number of hydrogen-bond donors (Lipinski definition) is 1. The zero-order chi connectivity index (χ0) is 14.0. The largest absolute Gasteiger partial charge is 0.322 e. The van der Waals surface area contributed by atoms with E-state index in [0.29, 0.717) is 11.4 Å². The highest BCUT2D eigenvalue weighted by molar-refractivity contribution is 9.10. The maximum Gasteiger partial charge on any atom is 0.0847 e. The van der Waals surface area contributed by atoms with Gasteiger partial charge in [-0.15, -0.1) is 0 Å². The van der Waals surface area contributed by atoms with Gasteiger partial charge in [-0.3, -0.25) is 9.67 Å². The molecule has 0 aliphatic carbocycles. The summed E-state index contributed by atoms with van der Waals surface area (Å²) in [5, 5.41) is 5.09. The minimum atomic E-state index is -0.188. The lowest BCUT2D eigenvalue weighted by Gasteiger charge is -2.12. The molecular weight excluding hydrogens is 328 g/mol. The van der Waals surface area contributed by atoms with E-state index in [9.17, 15) is 0 Å². The van der Waals surface area contributed by atoms with Gasteiger partial charge in [0, 0.05) is 23.6 Å². The van der Waals surface area contributed by atoms with Gasteiger partial charge in [0.05, 0.1) is 28.1 Å². The Morgan fingerprint density at radius 1 is 1.47 bits per heavy atom. The van der Waals surface area contributed by atoms with Crippen molar-refractivity contribution in [3.63, 3.8) is 0 Å². The lowest BCUT2D eigenvalue weighted by atomic mass is 10.1. The Bertz CT molecular complexity index is 565. The second-order valence-corrected chi connectivity index (χ2v) is 5.67. The summed E-state index contributed by atoms with van der Waals surface area (Å²) >= 11 is 9.64. The van der Waals surface area contributed by atoms with E-state index in [1.54, 1.807) is 6.20 Å². The molecular formula is C13H16BrClN4. The van der Waals surface area contributed by atoms with Crippen molar-refractivity contribution in [3.8, 4) is 0 Å². The van der Waals surface area contributed by atoms with Crippen molar-refractivity contribution in [1.29, 1.82) is 0 Å². The summed E-state index contributed by atoms with van der Waals surface area (Å²) < 4.78 is 2.84. The molecule has 0 amide bonds. The van der Waals surface area contributed by atoms with E-state index >= 15 is 0 Å². The van der Waals surface area contributed by atoms with Crippen LogP contribution in [0.2, 0.25) is 5.02 Å². The summed E-state index contributed by atoms with van der Waals surface area (Å²) in [6.07, 6.45) is 2.38. The van der Waals surface area contributed by atoms with Crippen LogP contribution in [0.5, 0.6) is 0 Å². The number of aromatic nitrogens is 3. The monoisotopic (exact) mass is 342 g/mol. The van der Waals surface area contributed by atoms with Crippen molar-refractivity contribution >= 4 is 27.5 Å². The Kier molecular flexibility index (Phi) is 4.60. The van der Waals surface area contributed by atoms with Gasteiger partial charge in [0.25, 0.3) is 0 Å². The second kappa shape index (κ2) is 6.03. The molecule has 0 aromatic carbocycles. The maximum absolute atomic E-state index is 6.28. The Labute approximate surface area is 126 Å². The highest BCUT2D eigenvalue weighted by atomic mass is 79.9. The molecule has 6 heteroatoms. The molecule has 0 saturated heterocycles. The van der Waals surface area contributed by atoms with E-state index in [1.165, 1.54) is 0 Å². The molecule has 0 fully saturated rings. The molecule has 1 atom stereocenters. The SMILES string of the molecule is CCn1nc(C)c(Cl)c1CC(N)c1ccc(Br)cn1. The Balaban J connectivity index is 2.23. The lowest BCUT2D eigenvalue weighted by Crippen LogP contribution is -2.17. The van der Waals surface area contributed by atoms with E-state index in [2.05, 4.69) is 26.0 Å². The number of hydrogen-bond acceptors (Lipinski definition) is 3. The summed E-state index contributed by atoms with van der Waals surface area (Å²) in [6, 6.07) is 3.67. The number of rotatable bonds is 4. The van der Waals surface area contributed by atoms with E-state index in [1.807, 2.05) is 30.7 Å². The van der Waals surface area contributed by atoms with Gasteiger partial charge in [-0.2, -0.15) is 5.10 Å². The van der Waals surface area contributed by atoms with Crippen molar-refractivity contribution in [1.82, 2.24) is 14.8 Å². The summed E-state index contributed by atoms with van der Waals surface area (Å²) in [5.41, 5.74) is 8.86. The van der Waals surface area contributed by atoms with Gasteiger partial charge in [0.15, 0.2) is 0 Å². The van der Waals surface area contributed by atoms with Gasteiger partial charge < -0.3 is 5.73 Å². The maximum atomic E-state index is 6.28. The second-order valence-electron chi connectivity index (χ2n) is 4.37.